The zero-order valence-corrected chi connectivity index (χ0v) is 45.2. The maximum absolute atomic E-state index is 12.8. The Labute approximate surface area is 417 Å². The second kappa shape index (κ2) is 56.5. The van der Waals surface area contributed by atoms with Gasteiger partial charge in [-0.2, -0.15) is 0 Å². The Bertz CT molecular complexity index is 1080. The minimum absolute atomic E-state index is 0.0713. The van der Waals surface area contributed by atoms with Crippen LogP contribution in [-0.4, -0.2) is 37.2 Å². The molecule has 0 radical (unpaired) electrons. The second-order valence-electron chi connectivity index (χ2n) is 20.3. The number of carbonyl (C=O) groups excluding carboxylic acids is 3. The van der Waals surface area contributed by atoms with E-state index in [0.717, 1.165) is 77.0 Å². The third-order valence-corrected chi connectivity index (χ3v) is 13.5. The quantitative estimate of drug-likeness (QED) is 0.0262. The zero-order chi connectivity index (χ0) is 48.6. The predicted molar refractivity (Wildman–Crippen MR) is 289 cm³/mol. The van der Waals surface area contributed by atoms with Crippen molar-refractivity contribution in [2.45, 2.75) is 335 Å². The molecule has 0 aromatic rings. The van der Waals surface area contributed by atoms with Crippen molar-refractivity contribution in [3.8, 4) is 0 Å². The Morgan fingerprint density at radius 3 is 0.851 bits per heavy atom. The van der Waals surface area contributed by atoms with Crippen molar-refractivity contribution >= 4 is 17.9 Å². The molecule has 0 aliphatic heterocycles. The van der Waals surface area contributed by atoms with Gasteiger partial charge in [-0.05, 0) is 51.4 Å². The lowest BCUT2D eigenvalue weighted by atomic mass is 10.0. The van der Waals surface area contributed by atoms with Crippen LogP contribution in [0, 0.1) is 0 Å². The van der Waals surface area contributed by atoms with Gasteiger partial charge in [0, 0.05) is 19.3 Å². The molecule has 0 spiro atoms. The number of carbonyl (C=O) groups is 3. The molecule has 67 heavy (non-hydrogen) atoms. The van der Waals surface area contributed by atoms with Crippen LogP contribution in [0.5, 0.6) is 0 Å². The Morgan fingerprint density at radius 2 is 0.537 bits per heavy atom. The van der Waals surface area contributed by atoms with E-state index in [4.69, 9.17) is 14.2 Å². The Morgan fingerprint density at radius 1 is 0.299 bits per heavy atom. The first-order valence-electron chi connectivity index (χ1n) is 29.8. The summed E-state index contributed by atoms with van der Waals surface area (Å²) in [6.07, 6.45) is 66.0. The molecular formula is C61H114O6. The molecule has 0 rings (SSSR count). The van der Waals surface area contributed by atoms with Gasteiger partial charge in [0.25, 0.3) is 0 Å². The second-order valence-corrected chi connectivity index (χ2v) is 20.3. The van der Waals surface area contributed by atoms with Gasteiger partial charge in [0.05, 0.1) is 0 Å². The minimum Gasteiger partial charge on any atom is -0.462 e. The SMILES string of the molecule is CCCCC/C=C/C/C=C/CCCCCCCC(=O)O[C@H](COC(=O)CCCCCCCCCCCCCCCCC)COC(=O)CCCCCCCCCCCCCCCCCCCCC. The van der Waals surface area contributed by atoms with Crippen molar-refractivity contribution in [3.05, 3.63) is 24.3 Å². The van der Waals surface area contributed by atoms with Crippen LogP contribution >= 0.6 is 0 Å². The van der Waals surface area contributed by atoms with Crippen LogP contribution in [0.2, 0.25) is 0 Å². The van der Waals surface area contributed by atoms with E-state index in [1.165, 1.54) is 212 Å². The zero-order valence-electron chi connectivity index (χ0n) is 45.2. The van der Waals surface area contributed by atoms with Crippen LogP contribution in [-0.2, 0) is 28.6 Å². The highest BCUT2D eigenvalue weighted by atomic mass is 16.6. The standard InChI is InChI=1S/C61H114O6/c1-4-7-10-13-16-19-22-25-28-29-30-31-34-36-39-42-45-48-51-54-60(63)66-57-58(67-61(64)55-52-49-46-43-40-37-33-27-24-21-18-15-12-9-6-3)56-65-59(62)53-50-47-44-41-38-35-32-26-23-20-17-14-11-8-5-2/h18,21,27,33,58H,4-17,19-20,22-26,28-32,34-57H2,1-3H3/b21-18+,33-27+/t58-/m1/s1. The van der Waals surface area contributed by atoms with Crippen molar-refractivity contribution in [2.24, 2.45) is 0 Å². The van der Waals surface area contributed by atoms with E-state index < -0.39 is 6.10 Å². The van der Waals surface area contributed by atoms with E-state index in [1.807, 2.05) is 0 Å². The van der Waals surface area contributed by atoms with Crippen molar-refractivity contribution < 1.29 is 28.6 Å². The van der Waals surface area contributed by atoms with Gasteiger partial charge in [0.2, 0.25) is 0 Å². The van der Waals surface area contributed by atoms with E-state index in [9.17, 15) is 14.4 Å². The highest BCUT2D eigenvalue weighted by Gasteiger charge is 2.19. The summed E-state index contributed by atoms with van der Waals surface area (Å²) < 4.78 is 16.9. The molecule has 0 heterocycles. The van der Waals surface area contributed by atoms with E-state index in [2.05, 4.69) is 45.1 Å². The van der Waals surface area contributed by atoms with E-state index in [1.54, 1.807) is 0 Å². The van der Waals surface area contributed by atoms with Crippen LogP contribution in [0.4, 0.5) is 0 Å². The third-order valence-electron chi connectivity index (χ3n) is 13.5. The number of hydrogen-bond acceptors (Lipinski definition) is 6. The molecule has 0 aromatic carbocycles. The molecule has 0 N–H and O–H groups in total. The van der Waals surface area contributed by atoms with Crippen molar-refractivity contribution in [3.63, 3.8) is 0 Å². The Hall–Kier alpha value is -2.11. The maximum atomic E-state index is 12.8. The number of hydrogen-bond donors (Lipinski definition) is 0. The number of ether oxygens (including phenoxy) is 3. The molecule has 0 bridgehead atoms. The molecule has 0 saturated heterocycles. The van der Waals surface area contributed by atoms with Crippen LogP contribution < -0.4 is 0 Å². The van der Waals surface area contributed by atoms with Gasteiger partial charge in [-0.15, -0.1) is 0 Å². The first-order valence-corrected chi connectivity index (χ1v) is 29.8. The summed E-state index contributed by atoms with van der Waals surface area (Å²) >= 11 is 0. The largest absolute Gasteiger partial charge is 0.462 e. The van der Waals surface area contributed by atoms with E-state index in [-0.39, 0.29) is 31.1 Å². The summed E-state index contributed by atoms with van der Waals surface area (Å²) in [4.78, 5) is 38.2. The van der Waals surface area contributed by atoms with Crippen LogP contribution in [0.25, 0.3) is 0 Å². The Balaban J connectivity index is 4.31. The lowest BCUT2D eigenvalue weighted by Crippen LogP contribution is -2.30. The van der Waals surface area contributed by atoms with Crippen molar-refractivity contribution in [1.29, 1.82) is 0 Å². The number of unbranched alkanes of at least 4 members (excludes halogenated alkanes) is 40. The van der Waals surface area contributed by atoms with E-state index in [0.29, 0.717) is 19.3 Å². The monoisotopic (exact) mass is 943 g/mol. The normalized spacial score (nSPS) is 12.1. The summed E-state index contributed by atoms with van der Waals surface area (Å²) in [6, 6.07) is 0. The fraction of sp³-hybridized carbons (Fsp3) is 0.885. The molecular weight excluding hydrogens is 829 g/mol. The van der Waals surface area contributed by atoms with Gasteiger partial charge in [-0.3, -0.25) is 14.4 Å². The van der Waals surface area contributed by atoms with Gasteiger partial charge in [-0.25, -0.2) is 0 Å². The van der Waals surface area contributed by atoms with Crippen molar-refractivity contribution in [1.82, 2.24) is 0 Å². The molecule has 0 fully saturated rings. The minimum atomic E-state index is -0.774. The lowest BCUT2D eigenvalue weighted by Gasteiger charge is -2.18. The molecule has 0 amide bonds. The van der Waals surface area contributed by atoms with Crippen LogP contribution in [0.1, 0.15) is 329 Å². The van der Waals surface area contributed by atoms with Gasteiger partial charge in [-0.1, -0.05) is 283 Å². The number of rotatable bonds is 55. The first kappa shape index (κ1) is 64.9. The summed E-state index contributed by atoms with van der Waals surface area (Å²) in [5.41, 5.74) is 0. The molecule has 0 saturated carbocycles. The molecule has 0 aliphatic rings. The molecule has 0 aromatic heterocycles. The third kappa shape index (κ3) is 54.7. The molecule has 6 heteroatoms. The van der Waals surface area contributed by atoms with Gasteiger partial charge in [0.15, 0.2) is 6.10 Å². The molecule has 394 valence electrons. The van der Waals surface area contributed by atoms with Crippen LogP contribution in [0.15, 0.2) is 24.3 Å². The summed E-state index contributed by atoms with van der Waals surface area (Å²) in [5, 5.41) is 0. The fourth-order valence-corrected chi connectivity index (χ4v) is 8.95. The number of esters is 3. The molecule has 6 nitrogen and oxygen atoms in total. The van der Waals surface area contributed by atoms with Gasteiger partial charge in [0.1, 0.15) is 13.2 Å². The average Bonchev–Trinajstić information content (AvgIpc) is 3.33. The highest BCUT2D eigenvalue weighted by Crippen LogP contribution is 2.17. The first-order chi connectivity index (χ1) is 33.0. The van der Waals surface area contributed by atoms with Crippen LogP contribution in [0.3, 0.4) is 0 Å². The van der Waals surface area contributed by atoms with Crippen molar-refractivity contribution in [2.75, 3.05) is 13.2 Å². The smallest absolute Gasteiger partial charge is 0.306 e. The summed E-state index contributed by atoms with van der Waals surface area (Å²) in [5.74, 6) is -0.861. The molecule has 0 aliphatic carbocycles. The summed E-state index contributed by atoms with van der Waals surface area (Å²) in [7, 11) is 0. The molecule has 1 atom stereocenters. The fourth-order valence-electron chi connectivity index (χ4n) is 8.95. The summed E-state index contributed by atoms with van der Waals surface area (Å²) in [6.45, 7) is 6.66. The van der Waals surface area contributed by atoms with Gasteiger partial charge >= 0.3 is 17.9 Å². The maximum Gasteiger partial charge on any atom is 0.306 e. The Kier molecular flexibility index (Phi) is 54.7. The highest BCUT2D eigenvalue weighted by molar-refractivity contribution is 5.71. The molecule has 0 unspecified atom stereocenters. The predicted octanol–water partition coefficient (Wildman–Crippen LogP) is 19.9. The topological polar surface area (TPSA) is 78.9 Å². The van der Waals surface area contributed by atoms with Gasteiger partial charge < -0.3 is 14.2 Å². The van der Waals surface area contributed by atoms with E-state index >= 15 is 0 Å². The number of allylic oxidation sites excluding steroid dienone is 4. The lowest BCUT2D eigenvalue weighted by molar-refractivity contribution is -0.167. The average molecular weight is 944 g/mol.